The van der Waals surface area contributed by atoms with Crippen LogP contribution < -0.4 is 10.6 Å². The van der Waals surface area contributed by atoms with Gasteiger partial charge >= 0.3 is 0 Å². The van der Waals surface area contributed by atoms with Crippen LogP contribution in [0.2, 0.25) is 5.02 Å². The third-order valence-corrected chi connectivity index (χ3v) is 5.17. The maximum atomic E-state index is 12.3. The van der Waals surface area contributed by atoms with E-state index in [0.29, 0.717) is 27.7 Å². The highest BCUT2D eigenvalue weighted by molar-refractivity contribution is 6.33. The molecule has 0 spiro atoms. The fourth-order valence-corrected chi connectivity index (χ4v) is 3.68. The Kier molecular flexibility index (Phi) is 4.15. The van der Waals surface area contributed by atoms with Gasteiger partial charge in [-0.25, -0.2) is 4.98 Å². The number of aromatic nitrogens is 1. The van der Waals surface area contributed by atoms with Crippen molar-refractivity contribution < 1.29 is 14.0 Å². The highest BCUT2D eigenvalue weighted by Gasteiger charge is 2.34. The van der Waals surface area contributed by atoms with Gasteiger partial charge in [-0.15, -0.1) is 0 Å². The zero-order valence-corrected chi connectivity index (χ0v) is 15.7. The van der Waals surface area contributed by atoms with Crippen LogP contribution in [0.5, 0.6) is 0 Å². The van der Waals surface area contributed by atoms with E-state index in [1.165, 1.54) is 0 Å². The SMILES string of the molecule is Cc1cc(C)c2oc(-c3cc(N4C[C@H](C(N)=O)CC4=O)ccc3Cl)nc2c1. The van der Waals surface area contributed by atoms with Gasteiger partial charge in [0.2, 0.25) is 17.7 Å². The Bertz CT molecular complexity index is 1090. The van der Waals surface area contributed by atoms with Crippen LogP contribution in [-0.2, 0) is 9.59 Å². The molecule has 1 saturated heterocycles. The number of hydrogen-bond acceptors (Lipinski definition) is 4. The number of fused-ring (bicyclic) bond motifs is 1. The van der Waals surface area contributed by atoms with E-state index in [1.54, 1.807) is 23.1 Å². The second kappa shape index (κ2) is 6.39. The third-order valence-electron chi connectivity index (χ3n) is 4.84. The Hall–Kier alpha value is -2.86. The topological polar surface area (TPSA) is 89.4 Å². The molecule has 2 N–H and O–H groups in total. The van der Waals surface area contributed by atoms with E-state index in [4.69, 9.17) is 21.8 Å². The molecule has 1 aromatic heterocycles. The van der Waals surface area contributed by atoms with E-state index in [2.05, 4.69) is 4.98 Å². The first kappa shape index (κ1) is 17.5. The number of carbonyl (C=O) groups is 2. The van der Waals surface area contributed by atoms with E-state index < -0.39 is 11.8 Å². The molecule has 1 aliphatic rings. The lowest BCUT2D eigenvalue weighted by atomic mass is 10.1. The number of benzene rings is 2. The summed E-state index contributed by atoms with van der Waals surface area (Å²) in [5, 5.41) is 0.470. The summed E-state index contributed by atoms with van der Waals surface area (Å²) in [6.45, 7) is 4.23. The Morgan fingerprint density at radius 1 is 1.30 bits per heavy atom. The first-order valence-electron chi connectivity index (χ1n) is 8.61. The minimum Gasteiger partial charge on any atom is -0.436 e. The summed E-state index contributed by atoms with van der Waals surface area (Å²) in [5.41, 5.74) is 10.1. The van der Waals surface area contributed by atoms with Crippen molar-refractivity contribution in [1.82, 2.24) is 4.98 Å². The van der Waals surface area contributed by atoms with Crippen molar-refractivity contribution >= 4 is 40.2 Å². The molecule has 0 aliphatic carbocycles. The van der Waals surface area contributed by atoms with Gasteiger partial charge in [0.25, 0.3) is 0 Å². The van der Waals surface area contributed by atoms with Crippen LogP contribution in [0.15, 0.2) is 34.7 Å². The summed E-state index contributed by atoms with van der Waals surface area (Å²) in [6, 6.07) is 9.18. The zero-order chi connectivity index (χ0) is 19.3. The lowest BCUT2D eigenvalue weighted by Crippen LogP contribution is -2.28. The molecule has 0 saturated carbocycles. The lowest BCUT2D eigenvalue weighted by Gasteiger charge is -2.17. The summed E-state index contributed by atoms with van der Waals surface area (Å²) in [6.07, 6.45) is 0.120. The van der Waals surface area contributed by atoms with Crippen LogP contribution in [0, 0.1) is 19.8 Å². The average Bonchev–Trinajstić information content (AvgIpc) is 3.19. The number of nitrogens with zero attached hydrogens (tertiary/aromatic N) is 2. The van der Waals surface area contributed by atoms with E-state index in [0.717, 1.165) is 16.6 Å². The van der Waals surface area contributed by atoms with Gasteiger partial charge in [0, 0.05) is 18.7 Å². The second-order valence-corrected chi connectivity index (χ2v) is 7.33. The fraction of sp³-hybridized carbons (Fsp3) is 0.250. The number of nitrogens with two attached hydrogens (primary N) is 1. The van der Waals surface area contributed by atoms with E-state index in [-0.39, 0.29) is 18.9 Å². The van der Waals surface area contributed by atoms with Crippen LogP contribution >= 0.6 is 11.6 Å². The first-order valence-corrected chi connectivity index (χ1v) is 8.98. The largest absolute Gasteiger partial charge is 0.436 e. The minimum atomic E-state index is -0.480. The first-order chi connectivity index (χ1) is 12.8. The predicted molar refractivity (Wildman–Crippen MR) is 104 cm³/mol. The summed E-state index contributed by atoms with van der Waals surface area (Å²) < 4.78 is 5.95. The average molecular weight is 384 g/mol. The second-order valence-electron chi connectivity index (χ2n) is 6.92. The highest BCUT2D eigenvalue weighted by atomic mass is 35.5. The molecule has 0 unspecified atom stereocenters. The standard InChI is InChI=1S/C20H18ClN3O3/c1-10-5-11(2)18-16(6-10)23-20(27-18)14-8-13(3-4-15(14)21)24-9-12(19(22)26)7-17(24)25/h3-6,8,12H,7,9H2,1-2H3,(H2,22,26)/t12-/m1/s1. The molecule has 2 heterocycles. The summed E-state index contributed by atoms with van der Waals surface area (Å²) in [7, 11) is 0. The van der Waals surface area contributed by atoms with Crippen molar-refractivity contribution in [2.24, 2.45) is 11.7 Å². The summed E-state index contributed by atoms with van der Waals surface area (Å²) in [4.78, 5) is 29.8. The quantitative estimate of drug-likeness (QED) is 0.748. The van der Waals surface area contributed by atoms with Crippen LogP contribution in [0.1, 0.15) is 17.5 Å². The van der Waals surface area contributed by atoms with Crippen LogP contribution in [0.3, 0.4) is 0 Å². The molecule has 7 heteroatoms. The van der Waals surface area contributed by atoms with Crippen molar-refractivity contribution in [2.45, 2.75) is 20.3 Å². The molecule has 1 aliphatic heterocycles. The van der Waals surface area contributed by atoms with Gasteiger partial charge in [0.05, 0.1) is 16.5 Å². The number of anilines is 1. The fourth-order valence-electron chi connectivity index (χ4n) is 3.48. The minimum absolute atomic E-state index is 0.120. The molecule has 6 nitrogen and oxygen atoms in total. The molecule has 2 aromatic carbocycles. The van der Waals surface area contributed by atoms with E-state index >= 15 is 0 Å². The Morgan fingerprint density at radius 3 is 2.78 bits per heavy atom. The molecule has 27 heavy (non-hydrogen) atoms. The van der Waals surface area contributed by atoms with Crippen molar-refractivity contribution in [2.75, 3.05) is 11.4 Å². The van der Waals surface area contributed by atoms with E-state index in [9.17, 15) is 9.59 Å². The molecule has 138 valence electrons. The summed E-state index contributed by atoms with van der Waals surface area (Å²) >= 11 is 6.37. The molecule has 0 bridgehead atoms. The molecule has 1 fully saturated rings. The molecule has 4 rings (SSSR count). The number of aryl methyl sites for hydroxylation is 2. The number of hydrogen-bond donors (Lipinski definition) is 1. The number of carbonyl (C=O) groups excluding carboxylic acids is 2. The number of oxazole rings is 1. The summed E-state index contributed by atoms with van der Waals surface area (Å²) in [5.74, 6) is -0.698. The number of rotatable bonds is 3. The normalized spacial score (nSPS) is 17.1. The van der Waals surface area contributed by atoms with Gasteiger partial charge in [-0.1, -0.05) is 17.7 Å². The van der Waals surface area contributed by atoms with Crippen molar-refractivity contribution in [3.63, 3.8) is 0 Å². The highest BCUT2D eigenvalue weighted by Crippen LogP contribution is 2.35. The molecular weight excluding hydrogens is 366 g/mol. The Labute approximate surface area is 160 Å². The zero-order valence-electron chi connectivity index (χ0n) is 15.0. The van der Waals surface area contributed by atoms with Gasteiger partial charge in [-0.05, 0) is 49.2 Å². The van der Waals surface area contributed by atoms with Gasteiger partial charge < -0.3 is 15.1 Å². The van der Waals surface area contributed by atoms with Gasteiger partial charge in [-0.3, -0.25) is 9.59 Å². The van der Waals surface area contributed by atoms with Crippen molar-refractivity contribution in [3.8, 4) is 11.5 Å². The van der Waals surface area contributed by atoms with Crippen molar-refractivity contribution in [3.05, 3.63) is 46.5 Å². The monoisotopic (exact) mass is 383 g/mol. The van der Waals surface area contributed by atoms with Crippen molar-refractivity contribution in [1.29, 1.82) is 0 Å². The molecular formula is C20H18ClN3O3. The molecule has 2 amide bonds. The smallest absolute Gasteiger partial charge is 0.228 e. The predicted octanol–water partition coefficient (Wildman–Crippen LogP) is 3.60. The maximum Gasteiger partial charge on any atom is 0.228 e. The number of halogens is 1. The van der Waals surface area contributed by atoms with Crippen LogP contribution in [-0.4, -0.2) is 23.3 Å². The van der Waals surface area contributed by atoms with Gasteiger partial charge in [-0.2, -0.15) is 0 Å². The lowest BCUT2D eigenvalue weighted by molar-refractivity contribution is -0.123. The van der Waals surface area contributed by atoms with E-state index in [1.807, 2.05) is 26.0 Å². The molecule has 3 aromatic rings. The van der Waals surface area contributed by atoms with Gasteiger partial charge in [0.15, 0.2) is 5.58 Å². The molecule has 1 atom stereocenters. The Balaban J connectivity index is 1.77. The van der Waals surface area contributed by atoms with Gasteiger partial charge in [0.1, 0.15) is 5.52 Å². The molecule has 0 radical (unpaired) electrons. The van der Waals surface area contributed by atoms with Crippen LogP contribution in [0.4, 0.5) is 5.69 Å². The number of primary amides is 1. The maximum absolute atomic E-state index is 12.3. The Morgan fingerprint density at radius 2 is 2.07 bits per heavy atom. The van der Waals surface area contributed by atoms with Crippen LogP contribution in [0.25, 0.3) is 22.6 Å². The third kappa shape index (κ3) is 3.06. The number of amides is 2.